The third kappa shape index (κ3) is 1.74. The summed E-state index contributed by atoms with van der Waals surface area (Å²) in [6.07, 6.45) is 1.15. The lowest BCUT2D eigenvalue weighted by molar-refractivity contribution is -0.0936. The van der Waals surface area contributed by atoms with Crippen molar-refractivity contribution in [1.29, 1.82) is 5.26 Å². The molecule has 0 aliphatic carbocycles. The Hall–Kier alpha value is -3.08. The smallest absolute Gasteiger partial charge is 0.205 e. The van der Waals surface area contributed by atoms with Gasteiger partial charge < -0.3 is 20.1 Å². The third-order valence-corrected chi connectivity index (χ3v) is 5.91. The molecule has 4 heterocycles. The number of aromatic hydroxyl groups is 2. The molecule has 2 bridgehead atoms. The molecule has 0 unspecified atom stereocenters. The van der Waals surface area contributed by atoms with E-state index in [0.29, 0.717) is 39.7 Å². The summed E-state index contributed by atoms with van der Waals surface area (Å²) in [5.41, 5.74) is 0.334. The summed E-state index contributed by atoms with van der Waals surface area (Å²) in [4.78, 5) is 4.28. The Bertz CT molecular complexity index is 1180. The number of aliphatic hydroxyl groups excluding tert-OH is 1. The molecule has 1 saturated heterocycles. The van der Waals surface area contributed by atoms with Crippen LogP contribution in [-0.2, 0) is 15.9 Å². The predicted molar refractivity (Wildman–Crippen MR) is 95.5 cm³/mol. The fourth-order valence-electron chi connectivity index (χ4n) is 4.70. The van der Waals surface area contributed by atoms with Crippen molar-refractivity contribution in [3.05, 3.63) is 47.2 Å². The van der Waals surface area contributed by atoms with Gasteiger partial charge >= 0.3 is 0 Å². The molecule has 7 nitrogen and oxygen atoms in total. The molecule has 3 atom stereocenters. The van der Waals surface area contributed by atoms with Crippen molar-refractivity contribution in [1.82, 2.24) is 9.55 Å². The van der Waals surface area contributed by atoms with Gasteiger partial charge in [0, 0.05) is 18.0 Å². The Morgan fingerprint density at radius 2 is 1.96 bits per heavy atom. The van der Waals surface area contributed by atoms with Crippen molar-refractivity contribution in [2.45, 2.75) is 37.6 Å². The van der Waals surface area contributed by atoms with E-state index in [-0.39, 0.29) is 11.8 Å². The van der Waals surface area contributed by atoms with E-state index in [0.717, 1.165) is 0 Å². The first-order chi connectivity index (χ1) is 12.8. The highest BCUT2D eigenvalue weighted by Gasteiger charge is 2.64. The number of rotatable bonds is 1. The number of aromatic nitrogens is 2. The van der Waals surface area contributed by atoms with E-state index in [2.05, 4.69) is 11.1 Å². The van der Waals surface area contributed by atoms with Crippen molar-refractivity contribution in [2.75, 3.05) is 0 Å². The molecule has 0 saturated carbocycles. The molecule has 2 aromatic heterocycles. The van der Waals surface area contributed by atoms with Gasteiger partial charge in [0.2, 0.25) is 11.8 Å². The van der Waals surface area contributed by atoms with E-state index in [4.69, 9.17) is 4.74 Å². The van der Waals surface area contributed by atoms with Gasteiger partial charge in [-0.05, 0) is 38.1 Å². The highest BCUT2D eigenvalue weighted by atomic mass is 16.6. The molecular formula is C20H17N3O4. The number of benzene rings is 1. The van der Waals surface area contributed by atoms with Gasteiger partial charge in [0.15, 0.2) is 0 Å². The maximum Gasteiger partial charge on any atom is 0.205 e. The van der Waals surface area contributed by atoms with Crippen LogP contribution in [0, 0.1) is 11.3 Å². The van der Waals surface area contributed by atoms with Crippen LogP contribution in [-0.4, -0.2) is 31.0 Å². The Labute approximate surface area is 154 Å². The molecule has 2 aliphatic rings. The number of hydrogen-bond acceptors (Lipinski definition) is 6. The summed E-state index contributed by atoms with van der Waals surface area (Å²) in [6, 6.07) is 8.90. The normalized spacial score (nSPS) is 28.4. The first kappa shape index (κ1) is 16.1. The number of pyridine rings is 1. The fourth-order valence-corrected chi connectivity index (χ4v) is 4.70. The maximum atomic E-state index is 11.0. The van der Waals surface area contributed by atoms with Crippen LogP contribution >= 0.6 is 0 Å². The Balaban J connectivity index is 1.86. The van der Waals surface area contributed by atoms with Gasteiger partial charge in [-0.15, -0.1) is 0 Å². The highest BCUT2D eigenvalue weighted by molar-refractivity contribution is 5.92. The number of fused-ring (bicyclic) bond motifs is 6. The molecule has 0 radical (unpaired) electrons. The zero-order chi connectivity index (χ0) is 19.1. The summed E-state index contributed by atoms with van der Waals surface area (Å²) in [6.45, 7) is 3.52. The molecule has 2 aliphatic heterocycles. The van der Waals surface area contributed by atoms with Gasteiger partial charge in [-0.25, -0.2) is 0 Å². The molecule has 3 N–H and O–H groups in total. The van der Waals surface area contributed by atoms with Crippen LogP contribution in [0.1, 0.15) is 37.0 Å². The van der Waals surface area contributed by atoms with Crippen LogP contribution in [0.25, 0.3) is 16.6 Å². The van der Waals surface area contributed by atoms with E-state index in [1.165, 1.54) is 4.57 Å². The van der Waals surface area contributed by atoms with Crippen molar-refractivity contribution in [3.63, 3.8) is 0 Å². The van der Waals surface area contributed by atoms with Crippen molar-refractivity contribution < 1.29 is 20.1 Å². The molecule has 1 fully saturated rings. The summed E-state index contributed by atoms with van der Waals surface area (Å²) in [7, 11) is 0. The summed E-state index contributed by atoms with van der Waals surface area (Å²) in [5, 5.41) is 42.4. The summed E-state index contributed by atoms with van der Waals surface area (Å²) >= 11 is 0. The topological polar surface area (TPSA) is 112 Å². The number of nitrogens with zero attached hydrogens (tertiary/aromatic N) is 3. The number of hydrogen-bond donors (Lipinski definition) is 3. The molecule has 3 aromatic rings. The predicted octanol–water partition coefficient (Wildman–Crippen LogP) is 2.53. The van der Waals surface area contributed by atoms with E-state index in [1.807, 2.05) is 0 Å². The van der Waals surface area contributed by atoms with Crippen molar-refractivity contribution in [3.8, 4) is 23.5 Å². The molecule has 27 heavy (non-hydrogen) atoms. The lowest BCUT2D eigenvalue weighted by Gasteiger charge is -2.25. The molecule has 0 amide bonds. The molecule has 0 spiro atoms. The van der Waals surface area contributed by atoms with Crippen molar-refractivity contribution >= 4 is 10.9 Å². The van der Waals surface area contributed by atoms with Crippen LogP contribution in [0.15, 0.2) is 30.5 Å². The Kier molecular flexibility index (Phi) is 2.86. The molecule has 136 valence electrons. The minimum Gasteiger partial charge on any atom is -0.494 e. The lowest BCUT2D eigenvalue weighted by atomic mass is 9.78. The van der Waals surface area contributed by atoms with Crippen LogP contribution < -0.4 is 0 Å². The summed E-state index contributed by atoms with van der Waals surface area (Å²) < 4.78 is 7.35. The van der Waals surface area contributed by atoms with Gasteiger partial charge in [-0.3, -0.25) is 9.55 Å². The van der Waals surface area contributed by atoms with Gasteiger partial charge in [0.25, 0.3) is 0 Å². The average molecular weight is 363 g/mol. The number of nitriles is 1. The standard InChI is InChI=1S/C20H17N3O4/c1-19-8-13(24)20(2,27-19)15-14(19)17(25)23(18(15)26)12-6-5-10(9-21)16-11(12)4-3-7-22-16/h3-7,13,24-26H,8H2,1-2H3/t13-,19-,20+/m1/s1. The minimum atomic E-state index is -1.09. The SMILES string of the molecule is C[C@]12C[C@@H](O)[C@](C)(O1)c1c2c(O)n(-c2ccc(C#N)c3ncccc23)c1O. The maximum absolute atomic E-state index is 11.0. The van der Waals surface area contributed by atoms with E-state index >= 15 is 0 Å². The van der Waals surface area contributed by atoms with E-state index in [1.54, 1.807) is 44.3 Å². The van der Waals surface area contributed by atoms with E-state index < -0.39 is 17.3 Å². The molecule has 5 rings (SSSR count). The van der Waals surface area contributed by atoms with Gasteiger partial charge in [-0.1, -0.05) is 0 Å². The van der Waals surface area contributed by atoms with Gasteiger partial charge in [0.05, 0.1) is 39.6 Å². The van der Waals surface area contributed by atoms with E-state index in [9.17, 15) is 20.6 Å². The Morgan fingerprint density at radius 3 is 2.70 bits per heavy atom. The molecular weight excluding hydrogens is 346 g/mol. The van der Waals surface area contributed by atoms with Crippen LogP contribution in [0.4, 0.5) is 0 Å². The average Bonchev–Trinajstić information content (AvgIpc) is 3.15. The Morgan fingerprint density at radius 1 is 1.22 bits per heavy atom. The largest absolute Gasteiger partial charge is 0.494 e. The first-order valence-corrected chi connectivity index (χ1v) is 8.66. The van der Waals surface area contributed by atoms with Crippen LogP contribution in [0.5, 0.6) is 11.8 Å². The highest BCUT2D eigenvalue weighted by Crippen LogP contribution is 2.64. The van der Waals surface area contributed by atoms with Gasteiger partial charge in [-0.2, -0.15) is 5.26 Å². The summed E-state index contributed by atoms with van der Waals surface area (Å²) in [5.74, 6) is -0.308. The zero-order valence-corrected chi connectivity index (χ0v) is 14.8. The van der Waals surface area contributed by atoms with Crippen LogP contribution in [0.2, 0.25) is 0 Å². The fraction of sp³-hybridized carbons (Fsp3) is 0.300. The third-order valence-electron chi connectivity index (χ3n) is 5.91. The first-order valence-electron chi connectivity index (χ1n) is 8.66. The molecule has 7 heteroatoms. The second-order valence-electron chi connectivity index (χ2n) is 7.54. The number of aliphatic hydroxyl groups is 1. The van der Waals surface area contributed by atoms with Crippen LogP contribution in [0.3, 0.4) is 0 Å². The van der Waals surface area contributed by atoms with Gasteiger partial charge in [0.1, 0.15) is 11.7 Å². The second kappa shape index (κ2) is 4.80. The minimum absolute atomic E-state index is 0.129. The lowest BCUT2D eigenvalue weighted by Crippen LogP contribution is -2.32. The van der Waals surface area contributed by atoms with Crippen molar-refractivity contribution in [2.24, 2.45) is 0 Å². The second-order valence-corrected chi connectivity index (χ2v) is 7.54. The zero-order valence-electron chi connectivity index (χ0n) is 14.8. The molecule has 1 aromatic carbocycles. The monoisotopic (exact) mass is 363 g/mol. The quantitative estimate of drug-likeness (QED) is 0.613. The number of ether oxygens (including phenoxy) is 1.